The fourth-order valence-electron chi connectivity index (χ4n) is 2.86. The fraction of sp³-hybridized carbons (Fsp3) is 0.389. The number of carbonyl (C=O) groups excluding carboxylic acids is 1. The zero-order chi connectivity index (χ0) is 17.1. The van der Waals surface area contributed by atoms with Crippen molar-refractivity contribution in [2.24, 2.45) is 7.05 Å². The highest BCUT2D eigenvalue weighted by Gasteiger charge is 2.25. The number of hydrogen-bond acceptors (Lipinski definition) is 2. The molecule has 2 aromatic rings. The minimum absolute atomic E-state index is 0.106. The molecule has 6 heteroatoms. The number of aryl methyl sites for hydroxylation is 2. The van der Waals surface area contributed by atoms with Crippen molar-refractivity contribution in [1.29, 1.82) is 0 Å². The number of amides is 2. The molecule has 128 valence electrons. The first kappa shape index (κ1) is 16.5. The van der Waals surface area contributed by atoms with Gasteiger partial charge in [0.15, 0.2) is 0 Å². The summed E-state index contributed by atoms with van der Waals surface area (Å²) in [5, 5.41) is 2.93. The summed E-state index contributed by atoms with van der Waals surface area (Å²) in [7, 11) is 1.95. The first-order chi connectivity index (χ1) is 11.5. The van der Waals surface area contributed by atoms with Gasteiger partial charge in [0.25, 0.3) is 0 Å². The molecule has 0 radical (unpaired) electrons. The number of aromatic nitrogens is 1. The van der Waals surface area contributed by atoms with Crippen molar-refractivity contribution in [3.8, 4) is 0 Å². The number of nitrogens with zero attached hydrogens (tertiary/aromatic N) is 2. The van der Waals surface area contributed by atoms with Crippen LogP contribution >= 0.6 is 0 Å². The number of nitrogens with one attached hydrogen (secondary N) is 1. The summed E-state index contributed by atoms with van der Waals surface area (Å²) >= 11 is 0. The number of morpholine rings is 1. The molecule has 0 unspecified atom stereocenters. The Kier molecular flexibility index (Phi) is 4.85. The third-order valence-electron chi connectivity index (χ3n) is 4.24. The van der Waals surface area contributed by atoms with E-state index in [4.69, 9.17) is 4.74 Å². The molecule has 5 nitrogen and oxygen atoms in total. The van der Waals surface area contributed by atoms with E-state index >= 15 is 0 Å². The number of ether oxygens (including phenoxy) is 1. The predicted octanol–water partition coefficient (Wildman–Crippen LogP) is 2.76. The van der Waals surface area contributed by atoms with Crippen LogP contribution in [0.3, 0.4) is 0 Å². The number of halogens is 1. The Balaban J connectivity index is 1.60. The summed E-state index contributed by atoms with van der Waals surface area (Å²) in [5.41, 5.74) is 2.54. The van der Waals surface area contributed by atoms with Crippen LogP contribution in [0.1, 0.15) is 22.8 Å². The Morgan fingerprint density at radius 1 is 1.42 bits per heavy atom. The van der Waals surface area contributed by atoms with Crippen LogP contribution in [0.4, 0.5) is 9.18 Å². The molecule has 1 aromatic heterocycles. The molecule has 24 heavy (non-hydrogen) atoms. The van der Waals surface area contributed by atoms with Gasteiger partial charge in [-0.25, -0.2) is 9.18 Å². The Morgan fingerprint density at radius 3 is 2.96 bits per heavy atom. The number of carbonyl (C=O) groups is 1. The Bertz CT molecular complexity index is 729. The summed E-state index contributed by atoms with van der Waals surface area (Å²) in [6, 6.07) is 6.82. The summed E-state index contributed by atoms with van der Waals surface area (Å²) in [5.74, 6) is -0.230. The van der Waals surface area contributed by atoms with Crippen LogP contribution in [0.25, 0.3) is 0 Å². The number of hydrogen-bond donors (Lipinski definition) is 1. The van der Waals surface area contributed by atoms with Crippen LogP contribution in [-0.2, 0) is 18.3 Å². The van der Waals surface area contributed by atoms with Crippen LogP contribution in [0.15, 0.2) is 36.7 Å². The highest BCUT2D eigenvalue weighted by molar-refractivity contribution is 5.74. The highest BCUT2D eigenvalue weighted by atomic mass is 19.1. The van der Waals surface area contributed by atoms with E-state index in [1.165, 1.54) is 6.07 Å². The van der Waals surface area contributed by atoms with Gasteiger partial charge in [-0.05, 0) is 35.7 Å². The predicted molar refractivity (Wildman–Crippen MR) is 89.1 cm³/mol. The summed E-state index contributed by atoms with van der Waals surface area (Å²) in [4.78, 5) is 14.1. The van der Waals surface area contributed by atoms with E-state index in [1.807, 2.05) is 30.1 Å². The van der Waals surface area contributed by atoms with Gasteiger partial charge in [0, 0.05) is 32.5 Å². The van der Waals surface area contributed by atoms with E-state index < -0.39 is 0 Å². The van der Waals surface area contributed by atoms with Crippen molar-refractivity contribution in [3.05, 3.63) is 59.2 Å². The molecule has 1 aliphatic heterocycles. The molecule has 0 saturated carbocycles. The number of benzene rings is 1. The van der Waals surface area contributed by atoms with Crippen LogP contribution < -0.4 is 5.32 Å². The average molecular weight is 331 g/mol. The second-order valence-corrected chi connectivity index (χ2v) is 6.16. The van der Waals surface area contributed by atoms with Gasteiger partial charge in [0.2, 0.25) is 0 Å². The first-order valence-electron chi connectivity index (χ1n) is 8.04. The lowest BCUT2D eigenvalue weighted by Gasteiger charge is -2.33. The topological polar surface area (TPSA) is 46.5 Å². The van der Waals surface area contributed by atoms with Gasteiger partial charge < -0.3 is 19.5 Å². The second-order valence-electron chi connectivity index (χ2n) is 6.16. The van der Waals surface area contributed by atoms with Crippen LogP contribution in [0.5, 0.6) is 0 Å². The zero-order valence-corrected chi connectivity index (χ0v) is 14.0. The van der Waals surface area contributed by atoms with E-state index in [0.717, 1.165) is 11.1 Å². The molecule has 1 saturated heterocycles. The average Bonchev–Trinajstić information content (AvgIpc) is 3.00. The molecule has 1 aromatic carbocycles. The molecule has 2 amide bonds. The van der Waals surface area contributed by atoms with Crippen LogP contribution in [0.2, 0.25) is 0 Å². The van der Waals surface area contributed by atoms with E-state index in [9.17, 15) is 9.18 Å². The smallest absolute Gasteiger partial charge is 0.317 e. The lowest BCUT2D eigenvalue weighted by atomic mass is 10.0. The summed E-state index contributed by atoms with van der Waals surface area (Å²) < 4.78 is 21.1. The van der Waals surface area contributed by atoms with Gasteiger partial charge in [-0.1, -0.05) is 12.1 Å². The van der Waals surface area contributed by atoms with Gasteiger partial charge in [0.05, 0.1) is 13.2 Å². The van der Waals surface area contributed by atoms with Crippen molar-refractivity contribution >= 4 is 6.03 Å². The largest absolute Gasteiger partial charge is 0.370 e. The minimum atomic E-state index is -0.230. The van der Waals surface area contributed by atoms with Crippen molar-refractivity contribution in [3.63, 3.8) is 0 Å². The Labute approximate surface area is 141 Å². The molecule has 0 bridgehead atoms. The van der Waals surface area contributed by atoms with Gasteiger partial charge in [0.1, 0.15) is 11.9 Å². The van der Waals surface area contributed by atoms with E-state index in [-0.39, 0.29) is 18.0 Å². The van der Waals surface area contributed by atoms with E-state index in [1.54, 1.807) is 24.0 Å². The number of urea groups is 1. The van der Waals surface area contributed by atoms with Gasteiger partial charge in [-0.15, -0.1) is 0 Å². The Morgan fingerprint density at radius 2 is 2.25 bits per heavy atom. The normalized spacial score (nSPS) is 17.8. The minimum Gasteiger partial charge on any atom is -0.370 e. The van der Waals surface area contributed by atoms with Gasteiger partial charge in [-0.2, -0.15) is 0 Å². The van der Waals surface area contributed by atoms with E-state index in [0.29, 0.717) is 31.8 Å². The Hall–Kier alpha value is -2.34. The van der Waals surface area contributed by atoms with Crippen LogP contribution in [0, 0.1) is 12.7 Å². The third kappa shape index (κ3) is 3.76. The molecule has 1 aliphatic rings. The van der Waals surface area contributed by atoms with Crippen LogP contribution in [-0.4, -0.2) is 35.2 Å². The molecule has 0 aliphatic carbocycles. The fourth-order valence-corrected chi connectivity index (χ4v) is 2.86. The molecule has 0 spiro atoms. The van der Waals surface area contributed by atoms with Crippen molar-refractivity contribution in [2.75, 3.05) is 19.7 Å². The lowest BCUT2D eigenvalue weighted by Crippen LogP contribution is -2.46. The van der Waals surface area contributed by atoms with Crippen molar-refractivity contribution in [2.45, 2.75) is 19.6 Å². The summed E-state index contributed by atoms with van der Waals surface area (Å²) in [6.07, 6.45) is 3.70. The SMILES string of the molecule is Cc1cc([C@@H]2CN(C(=O)NCc3ccn(C)c3)CCO2)ccc1F. The molecule has 1 fully saturated rings. The third-order valence-corrected chi connectivity index (χ3v) is 4.24. The van der Waals surface area contributed by atoms with Crippen molar-refractivity contribution in [1.82, 2.24) is 14.8 Å². The maximum Gasteiger partial charge on any atom is 0.317 e. The molecular formula is C18H22FN3O2. The lowest BCUT2D eigenvalue weighted by molar-refractivity contribution is -0.0155. The van der Waals surface area contributed by atoms with Gasteiger partial charge in [-0.3, -0.25) is 0 Å². The quantitative estimate of drug-likeness (QED) is 0.940. The second kappa shape index (κ2) is 7.05. The standard InChI is InChI=1S/C18H22FN3O2/c1-13-9-15(3-4-16(13)19)17-12-22(7-8-24-17)18(23)20-10-14-5-6-21(2)11-14/h3-6,9,11,17H,7-8,10,12H2,1-2H3,(H,20,23)/t17-/m0/s1. The molecule has 3 rings (SSSR count). The highest BCUT2D eigenvalue weighted by Crippen LogP contribution is 2.24. The molecule has 1 N–H and O–H groups in total. The van der Waals surface area contributed by atoms with Crippen molar-refractivity contribution < 1.29 is 13.9 Å². The molecule has 1 atom stereocenters. The first-order valence-corrected chi connectivity index (χ1v) is 8.04. The molecular weight excluding hydrogens is 309 g/mol. The number of rotatable bonds is 3. The zero-order valence-electron chi connectivity index (χ0n) is 14.0. The molecule has 2 heterocycles. The van der Waals surface area contributed by atoms with Gasteiger partial charge >= 0.3 is 6.03 Å². The summed E-state index contributed by atoms with van der Waals surface area (Å²) in [6.45, 7) is 3.71. The maximum absolute atomic E-state index is 13.4. The monoisotopic (exact) mass is 331 g/mol. The van der Waals surface area contributed by atoms with E-state index in [2.05, 4.69) is 5.32 Å². The maximum atomic E-state index is 13.4.